The molecule has 0 saturated carbocycles. The number of rotatable bonds is 7. The summed E-state index contributed by atoms with van der Waals surface area (Å²) in [6.07, 6.45) is 0. The summed E-state index contributed by atoms with van der Waals surface area (Å²) in [5.74, 6) is -1.33. The van der Waals surface area contributed by atoms with E-state index >= 15 is 0 Å². The Hall–Kier alpha value is -1.67. The van der Waals surface area contributed by atoms with E-state index in [0.29, 0.717) is 31.3 Å². The summed E-state index contributed by atoms with van der Waals surface area (Å²) >= 11 is 6.02. The molecule has 7 nitrogen and oxygen atoms in total. The number of ether oxygens (including phenoxy) is 2. The predicted octanol–water partition coefficient (Wildman–Crippen LogP) is 0.766. The van der Waals surface area contributed by atoms with Gasteiger partial charge in [0.05, 0.1) is 19.8 Å². The molecule has 8 heteroatoms. The molecule has 0 aliphatic carbocycles. The Bertz CT molecular complexity index is 622. The van der Waals surface area contributed by atoms with Gasteiger partial charge in [-0.1, -0.05) is 23.7 Å². The number of amides is 2. The maximum atomic E-state index is 12.0. The van der Waals surface area contributed by atoms with Crippen LogP contribution in [-0.2, 0) is 24.7 Å². The molecule has 1 heterocycles. The number of carbonyl (C=O) groups is 2. The number of morpholine rings is 1. The minimum Gasteiger partial charge on any atom is -0.379 e. The fraction of sp³-hybridized carbons (Fsp3) is 0.556. The third-order valence-corrected chi connectivity index (χ3v) is 4.73. The Balaban J connectivity index is 1.79. The summed E-state index contributed by atoms with van der Waals surface area (Å²) in [7, 11) is 1.55. The van der Waals surface area contributed by atoms with Crippen LogP contribution in [0.2, 0.25) is 5.02 Å². The quantitative estimate of drug-likeness (QED) is 0.680. The third-order valence-electron chi connectivity index (χ3n) is 4.50. The molecule has 1 aliphatic heterocycles. The first kappa shape index (κ1) is 20.6. The highest BCUT2D eigenvalue weighted by Gasteiger charge is 2.28. The van der Waals surface area contributed by atoms with Crippen LogP contribution in [0.15, 0.2) is 24.3 Å². The molecular formula is C18H26ClN3O4. The Morgan fingerprint density at radius 3 is 2.62 bits per heavy atom. The van der Waals surface area contributed by atoms with Crippen molar-refractivity contribution in [3.05, 3.63) is 34.9 Å². The van der Waals surface area contributed by atoms with Gasteiger partial charge in [-0.05, 0) is 24.6 Å². The van der Waals surface area contributed by atoms with Crippen molar-refractivity contribution in [3.63, 3.8) is 0 Å². The van der Waals surface area contributed by atoms with Gasteiger partial charge in [-0.25, -0.2) is 0 Å². The lowest BCUT2D eigenvalue weighted by molar-refractivity contribution is -0.140. The number of methoxy groups -OCH3 is 1. The third kappa shape index (κ3) is 5.95. The molecule has 2 amide bonds. The van der Waals surface area contributed by atoms with E-state index in [1.54, 1.807) is 19.2 Å². The van der Waals surface area contributed by atoms with E-state index < -0.39 is 17.4 Å². The second-order valence-corrected chi connectivity index (χ2v) is 6.77. The SMILES string of the molecule is COC(C)(CNC(=O)C(=O)NCCN1CCOCC1)c1cccc(Cl)c1. The Morgan fingerprint density at radius 1 is 1.27 bits per heavy atom. The Kier molecular flexibility index (Phi) is 7.84. The molecule has 2 N–H and O–H groups in total. The van der Waals surface area contributed by atoms with Crippen LogP contribution in [0.25, 0.3) is 0 Å². The number of nitrogens with zero attached hydrogens (tertiary/aromatic N) is 1. The zero-order chi connectivity index (χ0) is 19.0. The second kappa shape index (κ2) is 9.87. The molecule has 1 atom stereocenters. The highest BCUT2D eigenvalue weighted by molar-refractivity contribution is 6.35. The molecule has 1 unspecified atom stereocenters. The molecule has 2 rings (SSSR count). The summed E-state index contributed by atoms with van der Waals surface area (Å²) in [6, 6.07) is 7.22. The van der Waals surface area contributed by atoms with Crippen molar-refractivity contribution in [1.82, 2.24) is 15.5 Å². The first-order valence-electron chi connectivity index (χ1n) is 8.62. The van der Waals surface area contributed by atoms with Crippen molar-refractivity contribution in [2.24, 2.45) is 0 Å². The fourth-order valence-electron chi connectivity index (χ4n) is 2.67. The first-order valence-corrected chi connectivity index (χ1v) is 9.00. The zero-order valence-electron chi connectivity index (χ0n) is 15.2. The minimum absolute atomic E-state index is 0.152. The maximum Gasteiger partial charge on any atom is 0.309 e. The van der Waals surface area contributed by atoms with E-state index in [0.717, 1.165) is 18.7 Å². The van der Waals surface area contributed by atoms with Gasteiger partial charge < -0.3 is 20.1 Å². The first-order chi connectivity index (χ1) is 12.4. The molecule has 1 fully saturated rings. The van der Waals surface area contributed by atoms with Gasteiger partial charge in [-0.3, -0.25) is 14.5 Å². The van der Waals surface area contributed by atoms with Gasteiger partial charge in [0.25, 0.3) is 0 Å². The molecule has 1 saturated heterocycles. The van der Waals surface area contributed by atoms with Crippen LogP contribution < -0.4 is 10.6 Å². The summed E-state index contributed by atoms with van der Waals surface area (Å²) in [6.45, 7) is 6.18. The zero-order valence-corrected chi connectivity index (χ0v) is 16.0. The van der Waals surface area contributed by atoms with E-state index in [9.17, 15) is 9.59 Å². The molecule has 1 aliphatic rings. The van der Waals surface area contributed by atoms with Crippen LogP contribution in [-0.4, -0.2) is 69.8 Å². The van der Waals surface area contributed by atoms with Crippen LogP contribution in [0.3, 0.4) is 0 Å². The summed E-state index contributed by atoms with van der Waals surface area (Å²) in [5, 5.41) is 5.85. The maximum absolute atomic E-state index is 12.0. The lowest BCUT2D eigenvalue weighted by Crippen LogP contribution is -2.48. The van der Waals surface area contributed by atoms with Gasteiger partial charge in [0.2, 0.25) is 0 Å². The number of nitrogens with one attached hydrogen (secondary N) is 2. The number of carbonyl (C=O) groups excluding carboxylic acids is 2. The van der Waals surface area contributed by atoms with Crippen molar-refractivity contribution in [1.29, 1.82) is 0 Å². The number of hydrogen-bond donors (Lipinski definition) is 2. The average Bonchev–Trinajstić information content (AvgIpc) is 2.66. The van der Waals surface area contributed by atoms with Gasteiger partial charge in [-0.15, -0.1) is 0 Å². The van der Waals surface area contributed by atoms with E-state index in [-0.39, 0.29) is 6.54 Å². The molecule has 1 aromatic rings. The van der Waals surface area contributed by atoms with Crippen LogP contribution in [0.5, 0.6) is 0 Å². The van der Waals surface area contributed by atoms with Crippen LogP contribution >= 0.6 is 11.6 Å². The largest absolute Gasteiger partial charge is 0.379 e. The second-order valence-electron chi connectivity index (χ2n) is 6.34. The topological polar surface area (TPSA) is 79.9 Å². The highest BCUT2D eigenvalue weighted by atomic mass is 35.5. The summed E-state index contributed by atoms with van der Waals surface area (Å²) in [4.78, 5) is 26.2. The van der Waals surface area contributed by atoms with Crippen LogP contribution in [0, 0.1) is 0 Å². The average molecular weight is 384 g/mol. The monoisotopic (exact) mass is 383 g/mol. The van der Waals surface area contributed by atoms with E-state index in [2.05, 4.69) is 15.5 Å². The smallest absolute Gasteiger partial charge is 0.309 e. The van der Waals surface area contributed by atoms with Crippen molar-refractivity contribution in [3.8, 4) is 0 Å². The normalized spacial score (nSPS) is 17.3. The molecule has 1 aromatic carbocycles. The lowest BCUT2D eigenvalue weighted by Gasteiger charge is -2.29. The molecule has 0 bridgehead atoms. The van der Waals surface area contributed by atoms with Crippen LogP contribution in [0.4, 0.5) is 0 Å². The summed E-state index contributed by atoms with van der Waals surface area (Å²) in [5.41, 5.74) is 0.0368. The Labute approximate surface area is 159 Å². The Morgan fingerprint density at radius 2 is 1.96 bits per heavy atom. The van der Waals surface area contributed by atoms with Crippen LogP contribution in [0.1, 0.15) is 12.5 Å². The highest BCUT2D eigenvalue weighted by Crippen LogP contribution is 2.26. The molecule has 144 valence electrons. The molecule has 0 spiro atoms. The predicted molar refractivity (Wildman–Crippen MR) is 99.1 cm³/mol. The molecule has 0 radical (unpaired) electrons. The van der Waals surface area contributed by atoms with Crippen molar-refractivity contribution in [2.75, 3.05) is 53.0 Å². The van der Waals surface area contributed by atoms with Gasteiger partial charge in [0.1, 0.15) is 5.60 Å². The molecule has 0 aromatic heterocycles. The number of halogens is 1. The van der Waals surface area contributed by atoms with Gasteiger partial charge in [-0.2, -0.15) is 0 Å². The van der Waals surface area contributed by atoms with Gasteiger partial charge >= 0.3 is 11.8 Å². The van der Waals surface area contributed by atoms with Crippen molar-refractivity contribution < 1.29 is 19.1 Å². The molecular weight excluding hydrogens is 358 g/mol. The van der Waals surface area contributed by atoms with Gasteiger partial charge in [0.15, 0.2) is 0 Å². The standard InChI is InChI=1S/C18H26ClN3O4/c1-18(25-2,14-4-3-5-15(19)12-14)13-21-17(24)16(23)20-6-7-22-8-10-26-11-9-22/h3-5,12H,6-11,13H2,1-2H3,(H,20,23)(H,21,24). The lowest BCUT2D eigenvalue weighted by atomic mass is 9.95. The van der Waals surface area contributed by atoms with E-state index in [1.165, 1.54) is 0 Å². The minimum atomic E-state index is -0.783. The van der Waals surface area contributed by atoms with E-state index in [4.69, 9.17) is 21.1 Å². The number of hydrogen-bond acceptors (Lipinski definition) is 5. The fourth-order valence-corrected chi connectivity index (χ4v) is 2.86. The van der Waals surface area contributed by atoms with E-state index in [1.807, 2.05) is 19.1 Å². The van der Waals surface area contributed by atoms with Crippen molar-refractivity contribution >= 4 is 23.4 Å². The summed E-state index contributed by atoms with van der Waals surface area (Å²) < 4.78 is 10.8. The molecule has 26 heavy (non-hydrogen) atoms. The van der Waals surface area contributed by atoms with Crippen molar-refractivity contribution in [2.45, 2.75) is 12.5 Å². The number of benzene rings is 1. The van der Waals surface area contributed by atoms with Gasteiger partial charge in [0, 0.05) is 38.3 Å².